The highest BCUT2D eigenvalue weighted by atomic mass is 16.5. The number of nitrogens with one attached hydrogen (secondary N) is 1. The molecule has 0 unspecified atom stereocenters. The van der Waals surface area contributed by atoms with Gasteiger partial charge >= 0.3 is 12.1 Å². The molecule has 5 heteroatoms. The Labute approximate surface area is 148 Å². The summed E-state index contributed by atoms with van der Waals surface area (Å²) < 4.78 is 9.60. The predicted octanol–water partition coefficient (Wildman–Crippen LogP) is 4.02. The Balaban J connectivity index is 2.42. The quantitative estimate of drug-likeness (QED) is 0.626. The van der Waals surface area contributed by atoms with Gasteiger partial charge in [0.25, 0.3) is 0 Å². The summed E-state index contributed by atoms with van der Waals surface area (Å²) in [5.74, 6) is -0.505. The van der Waals surface area contributed by atoms with E-state index in [1.54, 1.807) is 6.08 Å². The third-order valence-electron chi connectivity index (χ3n) is 4.38. The summed E-state index contributed by atoms with van der Waals surface area (Å²) in [7, 11) is 2.71. The number of amides is 1. The Morgan fingerprint density at radius 3 is 2.64 bits per heavy atom. The lowest BCUT2D eigenvalue weighted by atomic mass is 9.79. The third-order valence-corrected chi connectivity index (χ3v) is 4.38. The molecule has 0 spiro atoms. The molecule has 0 aliphatic heterocycles. The molecule has 2 rings (SSSR count). The molecular weight excluding hydrogens is 318 g/mol. The van der Waals surface area contributed by atoms with E-state index in [2.05, 4.69) is 12.2 Å². The normalized spacial score (nSPS) is 19.1. The predicted molar refractivity (Wildman–Crippen MR) is 96.9 cm³/mol. The van der Waals surface area contributed by atoms with Gasteiger partial charge in [-0.2, -0.15) is 0 Å². The maximum absolute atomic E-state index is 11.9. The van der Waals surface area contributed by atoms with Crippen molar-refractivity contribution in [2.24, 2.45) is 5.92 Å². The van der Waals surface area contributed by atoms with Crippen LogP contribution in [0.15, 0.2) is 42.0 Å². The minimum atomic E-state index is -0.493. The van der Waals surface area contributed by atoms with Gasteiger partial charge < -0.3 is 14.8 Å². The van der Waals surface area contributed by atoms with E-state index in [0.717, 1.165) is 36.0 Å². The van der Waals surface area contributed by atoms with E-state index in [-0.39, 0.29) is 17.9 Å². The second kappa shape index (κ2) is 9.06. The first-order valence-corrected chi connectivity index (χ1v) is 8.50. The van der Waals surface area contributed by atoms with Crippen LogP contribution >= 0.6 is 0 Å². The van der Waals surface area contributed by atoms with Gasteiger partial charge in [-0.15, -0.1) is 0 Å². The van der Waals surface area contributed by atoms with E-state index in [1.807, 2.05) is 36.4 Å². The summed E-state index contributed by atoms with van der Waals surface area (Å²) >= 11 is 0. The number of rotatable bonds is 6. The molecule has 2 atom stereocenters. The Bertz CT molecular complexity index is 678. The average molecular weight is 343 g/mol. The maximum Gasteiger partial charge on any atom is 0.407 e. The highest BCUT2D eigenvalue weighted by molar-refractivity contribution is 5.83. The highest BCUT2D eigenvalue weighted by Gasteiger charge is 2.30. The van der Waals surface area contributed by atoms with E-state index < -0.39 is 6.09 Å². The fourth-order valence-electron chi connectivity index (χ4n) is 3.08. The molecule has 1 amide bonds. The van der Waals surface area contributed by atoms with E-state index in [9.17, 15) is 9.59 Å². The molecule has 0 saturated heterocycles. The molecule has 0 saturated carbocycles. The summed E-state index contributed by atoms with van der Waals surface area (Å²) in [6, 6.07) is 7.60. The number of methoxy groups -OCH3 is 2. The SMILES string of the molecule is CCCC/C(=C\C(=O)OC)[C@H]1C=Cc2ccccc2[C@H]1NC(=O)OC. The van der Waals surface area contributed by atoms with Crippen molar-refractivity contribution in [1.29, 1.82) is 0 Å². The maximum atomic E-state index is 11.9. The summed E-state index contributed by atoms with van der Waals surface area (Å²) in [5.41, 5.74) is 3.00. The summed E-state index contributed by atoms with van der Waals surface area (Å²) in [6.45, 7) is 2.10. The molecular formula is C20H25NO4. The number of hydrogen-bond acceptors (Lipinski definition) is 4. The second-order valence-corrected chi connectivity index (χ2v) is 5.97. The zero-order valence-corrected chi connectivity index (χ0v) is 15.0. The zero-order valence-electron chi connectivity index (χ0n) is 15.0. The minimum absolute atomic E-state index is 0.125. The van der Waals surface area contributed by atoms with Crippen molar-refractivity contribution >= 4 is 18.1 Å². The van der Waals surface area contributed by atoms with Gasteiger partial charge in [-0.05, 0) is 24.0 Å². The van der Waals surface area contributed by atoms with Crippen molar-refractivity contribution in [2.75, 3.05) is 14.2 Å². The fourth-order valence-corrected chi connectivity index (χ4v) is 3.08. The smallest absolute Gasteiger partial charge is 0.407 e. The Morgan fingerprint density at radius 2 is 1.96 bits per heavy atom. The van der Waals surface area contributed by atoms with Gasteiger partial charge in [0.05, 0.1) is 20.3 Å². The van der Waals surface area contributed by atoms with Crippen LogP contribution in [0.4, 0.5) is 4.79 Å². The second-order valence-electron chi connectivity index (χ2n) is 5.97. The van der Waals surface area contributed by atoms with Crippen LogP contribution in [-0.2, 0) is 14.3 Å². The summed E-state index contributed by atoms with van der Waals surface area (Å²) in [6.07, 6.45) is 7.86. The van der Waals surface area contributed by atoms with Gasteiger partial charge in [0.2, 0.25) is 0 Å². The van der Waals surface area contributed by atoms with E-state index in [0.29, 0.717) is 0 Å². The Kier molecular flexibility index (Phi) is 6.81. The van der Waals surface area contributed by atoms with E-state index in [1.165, 1.54) is 14.2 Å². The summed E-state index contributed by atoms with van der Waals surface area (Å²) in [5, 5.41) is 2.92. The number of hydrogen-bond donors (Lipinski definition) is 1. The molecule has 134 valence electrons. The van der Waals surface area contributed by atoms with Crippen LogP contribution in [0.2, 0.25) is 0 Å². The first-order chi connectivity index (χ1) is 12.1. The molecule has 1 aliphatic rings. The molecule has 25 heavy (non-hydrogen) atoms. The van der Waals surface area contributed by atoms with Gasteiger partial charge in [0.1, 0.15) is 0 Å². The van der Waals surface area contributed by atoms with Crippen molar-refractivity contribution in [1.82, 2.24) is 5.32 Å². The van der Waals surface area contributed by atoms with Crippen molar-refractivity contribution in [3.63, 3.8) is 0 Å². The molecule has 0 fully saturated rings. The van der Waals surface area contributed by atoms with E-state index in [4.69, 9.17) is 9.47 Å². The molecule has 1 N–H and O–H groups in total. The highest BCUT2D eigenvalue weighted by Crippen LogP contribution is 2.38. The lowest BCUT2D eigenvalue weighted by molar-refractivity contribution is -0.134. The zero-order chi connectivity index (χ0) is 18.2. The fraction of sp³-hybridized carbons (Fsp3) is 0.400. The van der Waals surface area contributed by atoms with Crippen LogP contribution in [0.5, 0.6) is 0 Å². The number of ether oxygens (including phenoxy) is 2. The number of carbonyl (C=O) groups excluding carboxylic acids is 2. The number of esters is 1. The topological polar surface area (TPSA) is 64.6 Å². The van der Waals surface area contributed by atoms with Crippen LogP contribution in [0.25, 0.3) is 6.08 Å². The van der Waals surface area contributed by atoms with Crippen LogP contribution in [0.1, 0.15) is 43.4 Å². The number of carbonyl (C=O) groups is 2. The van der Waals surface area contributed by atoms with Crippen molar-refractivity contribution in [3.8, 4) is 0 Å². The summed E-state index contributed by atoms with van der Waals surface area (Å²) in [4.78, 5) is 23.7. The Morgan fingerprint density at radius 1 is 1.20 bits per heavy atom. The van der Waals surface area contributed by atoms with Gasteiger partial charge in [-0.1, -0.05) is 55.3 Å². The third kappa shape index (κ3) is 4.72. The lowest BCUT2D eigenvalue weighted by Gasteiger charge is -2.32. The first-order valence-electron chi connectivity index (χ1n) is 8.50. The van der Waals surface area contributed by atoms with Crippen molar-refractivity contribution < 1.29 is 19.1 Å². The van der Waals surface area contributed by atoms with Crippen molar-refractivity contribution in [3.05, 3.63) is 53.1 Å². The van der Waals surface area contributed by atoms with Gasteiger partial charge in [0, 0.05) is 12.0 Å². The molecule has 0 bridgehead atoms. The number of unbranched alkanes of at least 4 members (excludes halogenated alkanes) is 1. The number of fused-ring (bicyclic) bond motifs is 1. The Hall–Kier alpha value is -2.56. The molecule has 0 radical (unpaired) electrons. The molecule has 5 nitrogen and oxygen atoms in total. The molecule has 0 aromatic heterocycles. The van der Waals surface area contributed by atoms with Gasteiger partial charge in [-0.3, -0.25) is 0 Å². The molecule has 1 aromatic carbocycles. The molecule has 1 aliphatic carbocycles. The number of alkyl carbamates (subject to hydrolysis) is 1. The largest absolute Gasteiger partial charge is 0.466 e. The molecule has 1 aromatic rings. The van der Waals surface area contributed by atoms with Crippen LogP contribution in [-0.4, -0.2) is 26.3 Å². The number of benzene rings is 1. The van der Waals surface area contributed by atoms with Gasteiger partial charge in [0.15, 0.2) is 0 Å². The average Bonchev–Trinajstić information content (AvgIpc) is 2.65. The van der Waals surface area contributed by atoms with Crippen LogP contribution in [0.3, 0.4) is 0 Å². The standard InChI is InChI=1S/C20H25NO4/c1-4-5-8-15(13-18(22)24-2)17-12-11-14-9-6-7-10-16(14)19(17)21-20(23)25-3/h6-7,9-13,17,19H,4-5,8H2,1-3H3,(H,21,23)/b15-13+/t17-,19-/m1/s1. The van der Waals surface area contributed by atoms with Gasteiger partial charge in [-0.25, -0.2) is 9.59 Å². The van der Waals surface area contributed by atoms with Crippen molar-refractivity contribution in [2.45, 2.75) is 32.2 Å². The molecule has 0 heterocycles. The minimum Gasteiger partial charge on any atom is -0.466 e. The lowest BCUT2D eigenvalue weighted by Crippen LogP contribution is -2.35. The first kappa shape index (κ1) is 18.8. The van der Waals surface area contributed by atoms with Crippen LogP contribution < -0.4 is 5.32 Å². The van der Waals surface area contributed by atoms with Crippen LogP contribution in [0, 0.1) is 5.92 Å². The monoisotopic (exact) mass is 343 g/mol. The van der Waals surface area contributed by atoms with E-state index >= 15 is 0 Å².